The molecule has 1 fully saturated rings. The molecule has 2 N–H and O–H groups in total. The van der Waals surface area contributed by atoms with Crippen LogP contribution in [0.15, 0.2) is 10.7 Å². The van der Waals surface area contributed by atoms with Crippen molar-refractivity contribution in [2.45, 2.75) is 12.8 Å². The van der Waals surface area contributed by atoms with E-state index in [1.807, 2.05) is 0 Å². The molecule has 84 valence electrons. The van der Waals surface area contributed by atoms with Gasteiger partial charge < -0.3 is 9.84 Å². The SMILES string of the molecule is c1n[nH]nc1-c1noc(CC2CCNC2)n1. The second kappa shape index (κ2) is 4.01. The second-order valence-electron chi connectivity index (χ2n) is 3.93. The summed E-state index contributed by atoms with van der Waals surface area (Å²) in [4.78, 5) is 4.29. The van der Waals surface area contributed by atoms with Gasteiger partial charge in [0.2, 0.25) is 11.7 Å². The van der Waals surface area contributed by atoms with Crippen LogP contribution >= 0.6 is 0 Å². The second-order valence-corrected chi connectivity index (χ2v) is 3.93. The highest BCUT2D eigenvalue weighted by atomic mass is 16.5. The molecular weight excluding hydrogens is 208 g/mol. The van der Waals surface area contributed by atoms with Crippen LogP contribution in [0.3, 0.4) is 0 Å². The molecule has 7 nitrogen and oxygen atoms in total. The summed E-state index contributed by atoms with van der Waals surface area (Å²) in [5.74, 6) is 1.77. The van der Waals surface area contributed by atoms with Crippen LogP contribution < -0.4 is 5.32 Å². The van der Waals surface area contributed by atoms with Gasteiger partial charge in [0.05, 0.1) is 6.20 Å². The van der Waals surface area contributed by atoms with Gasteiger partial charge in [-0.15, -0.1) is 0 Å². The van der Waals surface area contributed by atoms with Gasteiger partial charge in [-0.05, 0) is 25.4 Å². The predicted octanol–water partition coefficient (Wildman–Crippen LogP) is 0.00670. The highest BCUT2D eigenvalue weighted by Crippen LogP contribution is 2.16. The van der Waals surface area contributed by atoms with Gasteiger partial charge in [-0.1, -0.05) is 5.16 Å². The number of nitrogens with one attached hydrogen (secondary N) is 2. The minimum atomic E-state index is 0.495. The minimum Gasteiger partial charge on any atom is -0.339 e. The summed E-state index contributed by atoms with van der Waals surface area (Å²) in [5.41, 5.74) is 0.611. The molecule has 0 radical (unpaired) electrons. The van der Waals surface area contributed by atoms with Crippen molar-refractivity contribution >= 4 is 0 Å². The Labute approximate surface area is 91.6 Å². The monoisotopic (exact) mass is 220 g/mol. The standard InChI is InChI=1S/C9H12N6O/c1-2-10-4-6(1)3-8-12-9(14-16-8)7-5-11-15-13-7/h5-6,10H,1-4H2,(H,11,13,15). The Morgan fingerprint density at radius 2 is 2.50 bits per heavy atom. The summed E-state index contributed by atoms with van der Waals surface area (Å²) in [7, 11) is 0. The van der Waals surface area contributed by atoms with E-state index in [-0.39, 0.29) is 0 Å². The van der Waals surface area contributed by atoms with Crippen molar-refractivity contribution in [3.63, 3.8) is 0 Å². The molecule has 0 saturated carbocycles. The lowest BCUT2D eigenvalue weighted by molar-refractivity contribution is 0.358. The maximum Gasteiger partial charge on any atom is 0.227 e. The molecule has 16 heavy (non-hydrogen) atoms. The fourth-order valence-corrected chi connectivity index (χ4v) is 1.89. The lowest BCUT2D eigenvalue weighted by Gasteiger charge is -2.01. The molecule has 1 saturated heterocycles. The number of hydrogen-bond donors (Lipinski definition) is 2. The van der Waals surface area contributed by atoms with Gasteiger partial charge in [-0.25, -0.2) is 0 Å². The predicted molar refractivity (Wildman–Crippen MR) is 54.4 cm³/mol. The number of rotatable bonds is 3. The van der Waals surface area contributed by atoms with E-state index in [4.69, 9.17) is 4.52 Å². The quantitative estimate of drug-likeness (QED) is 0.756. The van der Waals surface area contributed by atoms with Gasteiger partial charge in [-0.2, -0.15) is 20.4 Å². The highest BCUT2D eigenvalue weighted by Gasteiger charge is 2.19. The molecule has 1 aliphatic rings. The van der Waals surface area contributed by atoms with Gasteiger partial charge in [0.25, 0.3) is 0 Å². The Balaban J connectivity index is 1.72. The van der Waals surface area contributed by atoms with E-state index in [1.54, 1.807) is 6.20 Å². The van der Waals surface area contributed by atoms with Crippen LogP contribution in [0.1, 0.15) is 12.3 Å². The lowest BCUT2D eigenvalue weighted by Crippen LogP contribution is -2.10. The first-order valence-corrected chi connectivity index (χ1v) is 5.31. The molecule has 1 aliphatic heterocycles. The Kier molecular flexibility index (Phi) is 2.37. The van der Waals surface area contributed by atoms with E-state index in [0.717, 1.165) is 19.5 Å². The van der Waals surface area contributed by atoms with Crippen molar-refractivity contribution < 1.29 is 4.52 Å². The summed E-state index contributed by atoms with van der Waals surface area (Å²) >= 11 is 0. The number of hydrogen-bond acceptors (Lipinski definition) is 6. The van der Waals surface area contributed by atoms with Crippen LogP contribution in [-0.4, -0.2) is 38.6 Å². The molecule has 1 unspecified atom stereocenters. The Bertz CT molecular complexity index is 444. The third kappa shape index (κ3) is 1.81. The first kappa shape index (κ1) is 9.46. The molecule has 3 rings (SSSR count). The van der Waals surface area contributed by atoms with Crippen LogP contribution in [0.4, 0.5) is 0 Å². The fourth-order valence-electron chi connectivity index (χ4n) is 1.89. The molecule has 3 heterocycles. The Morgan fingerprint density at radius 1 is 1.50 bits per heavy atom. The summed E-state index contributed by atoms with van der Waals surface area (Å²) in [5, 5.41) is 17.3. The lowest BCUT2D eigenvalue weighted by atomic mass is 10.1. The zero-order chi connectivity index (χ0) is 10.8. The smallest absolute Gasteiger partial charge is 0.227 e. The van der Waals surface area contributed by atoms with Gasteiger partial charge in [0.15, 0.2) is 5.69 Å². The fraction of sp³-hybridized carbons (Fsp3) is 0.556. The zero-order valence-electron chi connectivity index (χ0n) is 8.68. The first-order valence-electron chi connectivity index (χ1n) is 5.31. The van der Waals surface area contributed by atoms with E-state index in [9.17, 15) is 0 Å². The average Bonchev–Trinajstić information content (AvgIpc) is 2.99. The average molecular weight is 220 g/mol. The van der Waals surface area contributed by atoms with Crippen molar-refractivity contribution in [1.29, 1.82) is 0 Å². The van der Waals surface area contributed by atoms with Gasteiger partial charge in [-0.3, -0.25) is 0 Å². The number of aromatic nitrogens is 5. The van der Waals surface area contributed by atoms with Crippen LogP contribution in [0.5, 0.6) is 0 Å². The number of aromatic amines is 1. The van der Waals surface area contributed by atoms with Crippen molar-refractivity contribution in [3.05, 3.63) is 12.1 Å². The summed E-state index contributed by atoms with van der Waals surface area (Å²) in [6, 6.07) is 0. The molecular formula is C9H12N6O. The van der Waals surface area contributed by atoms with Crippen molar-refractivity contribution in [2.24, 2.45) is 5.92 Å². The van der Waals surface area contributed by atoms with E-state index in [1.165, 1.54) is 6.42 Å². The van der Waals surface area contributed by atoms with E-state index in [0.29, 0.717) is 23.3 Å². The van der Waals surface area contributed by atoms with Crippen LogP contribution in [-0.2, 0) is 6.42 Å². The summed E-state index contributed by atoms with van der Waals surface area (Å²) < 4.78 is 5.18. The molecule has 2 aromatic rings. The molecule has 0 bridgehead atoms. The third-order valence-corrected chi connectivity index (χ3v) is 2.74. The maximum absolute atomic E-state index is 5.18. The van der Waals surface area contributed by atoms with Crippen molar-refractivity contribution in [3.8, 4) is 11.5 Å². The van der Waals surface area contributed by atoms with E-state index >= 15 is 0 Å². The molecule has 2 aromatic heterocycles. The zero-order valence-corrected chi connectivity index (χ0v) is 8.68. The van der Waals surface area contributed by atoms with Gasteiger partial charge >= 0.3 is 0 Å². The third-order valence-electron chi connectivity index (χ3n) is 2.74. The Hall–Kier alpha value is -1.76. The van der Waals surface area contributed by atoms with E-state index < -0.39 is 0 Å². The largest absolute Gasteiger partial charge is 0.339 e. The normalized spacial score (nSPS) is 20.4. The molecule has 0 aromatic carbocycles. The van der Waals surface area contributed by atoms with Gasteiger partial charge in [0.1, 0.15) is 0 Å². The first-order chi connectivity index (χ1) is 7.92. The van der Waals surface area contributed by atoms with Crippen LogP contribution in [0, 0.1) is 5.92 Å². The molecule has 1 atom stereocenters. The molecule has 0 amide bonds. The van der Waals surface area contributed by atoms with Gasteiger partial charge in [0, 0.05) is 6.42 Å². The van der Waals surface area contributed by atoms with Crippen LogP contribution in [0.25, 0.3) is 11.5 Å². The topological polar surface area (TPSA) is 92.5 Å². The summed E-state index contributed by atoms with van der Waals surface area (Å²) in [6.45, 7) is 2.11. The van der Waals surface area contributed by atoms with Crippen molar-refractivity contribution in [1.82, 2.24) is 30.9 Å². The molecule has 0 aliphatic carbocycles. The number of nitrogens with zero attached hydrogens (tertiary/aromatic N) is 4. The maximum atomic E-state index is 5.18. The summed E-state index contributed by atoms with van der Waals surface area (Å²) in [6.07, 6.45) is 3.57. The highest BCUT2D eigenvalue weighted by molar-refractivity contribution is 5.44. The molecule has 7 heteroatoms. The van der Waals surface area contributed by atoms with Crippen molar-refractivity contribution in [2.75, 3.05) is 13.1 Å². The van der Waals surface area contributed by atoms with Crippen LogP contribution in [0.2, 0.25) is 0 Å². The minimum absolute atomic E-state index is 0.495. The number of H-pyrrole nitrogens is 1. The molecule has 0 spiro atoms. The Morgan fingerprint density at radius 3 is 3.25 bits per heavy atom. The van der Waals surface area contributed by atoms with E-state index in [2.05, 4.69) is 30.9 Å².